The van der Waals surface area contributed by atoms with Gasteiger partial charge in [0.2, 0.25) is 0 Å². The van der Waals surface area contributed by atoms with Crippen LogP contribution in [0.2, 0.25) is 0 Å². The van der Waals surface area contributed by atoms with Crippen molar-refractivity contribution in [2.45, 2.75) is 52.5 Å². The van der Waals surface area contributed by atoms with Crippen LogP contribution < -0.4 is 5.32 Å². The van der Waals surface area contributed by atoms with E-state index < -0.39 is 0 Å². The molecule has 1 aliphatic heterocycles. The first-order valence-corrected chi connectivity index (χ1v) is 10.8. The Morgan fingerprint density at radius 2 is 2.10 bits per heavy atom. The highest BCUT2D eigenvalue weighted by Gasteiger charge is 2.23. The number of aryl methyl sites for hydroxylation is 3. The number of ether oxygens (including phenoxy) is 2. The first-order chi connectivity index (χ1) is 14.5. The Balaban J connectivity index is 1.66. The normalized spacial score (nSPS) is 15.2. The number of fused-ring (bicyclic) bond motifs is 1. The number of hydrogen-bond acceptors (Lipinski definition) is 5. The molecule has 8 heteroatoms. The summed E-state index contributed by atoms with van der Waals surface area (Å²) in [6, 6.07) is 3.67. The van der Waals surface area contributed by atoms with Crippen LogP contribution in [0.3, 0.4) is 0 Å². The molecule has 1 N–H and O–H groups in total. The van der Waals surface area contributed by atoms with Crippen LogP contribution in [0.1, 0.15) is 64.1 Å². The van der Waals surface area contributed by atoms with Gasteiger partial charge in [0.15, 0.2) is 0 Å². The van der Waals surface area contributed by atoms with Gasteiger partial charge in [-0.3, -0.25) is 9.48 Å². The molecular weight excluding hydrogens is 384 g/mol. The predicted octanol–water partition coefficient (Wildman–Crippen LogP) is 2.42. The van der Waals surface area contributed by atoms with Crippen molar-refractivity contribution in [3.05, 3.63) is 40.5 Å². The minimum Gasteiger partial charge on any atom is -0.461 e. The molecule has 0 radical (unpaired) electrons. The van der Waals surface area contributed by atoms with Crippen molar-refractivity contribution in [3.63, 3.8) is 0 Å². The number of amides is 1. The Morgan fingerprint density at radius 1 is 1.30 bits per heavy atom. The van der Waals surface area contributed by atoms with Crippen LogP contribution in [0.4, 0.5) is 0 Å². The minimum absolute atomic E-state index is 0.0551. The van der Waals surface area contributed by atoms with E-state index in [-0.39, 0.29) is 11.9 Å². The number of hydrogen-bond donors (Lipinski definition) is 1. The lowest BCUT2D eigenvalue weighted by atomic mass is 10.1. The molecule has 8 nitrogen and oxygen atoms in total. The van der Waals surface area contributed by atoms with Gasteiger partial charge in [-0.05, 0) is 44.7 Å². The van der Waals surface area contributed by atoms with Crippen molar-refractivity contribution in [2.24, 2.45) is 7.05 Å². The SMILES string of the molecule is CCc1nn(CCCOC(=O)c2ccc(C)n2C)c2c1C(=O)NCCCOCCC2. The first kappa shape index (κ1) is 22.1. The molecule has 0 fully saturated rings. The van der Waals surface area contributed by atoms with Crippen molar-refractivity contribution >= 4 is 11.9 Å². The van der Waals surface area contributed by atoms with Crippen LogP contribution in [0.15, 0.2) is 12.1 Å². The molecule has 2 aromatic rings. The van der Waals surface area contributed by atoms with E-state index >= 15 is 0 Å². The van der Waals surface area contributed by atoms with E-state index in [0.29, 0.717) is 57.0 Å². The average Bonchev–Trinajstić information content (AvgIpc) is 3.25. The van der Waals surface area contributed by atoms with Crippen LogP contribution in [-0.4, -0.2) is 52.6 Å². The lowest BCUT2D eigenvalue weighted by molar-refractivity contribution is 0.0483. The molecule has 0 unspecified atom stereocenters. The zero-order valence-corrected chi connectivity index (χ0v) is 18.2. The molecule has 30 heavy (non-hydrogen) atoms. The van der Waals surface area contributed by atoms with E-state index in [2.05, 4.69) is 5.32 Å². The zero-order valence-electron chi connectivity index (χ0n) is 18.2. The fourth-order valence-electron chi connectivity index (χ4n) is 3.68. The Kier molecular flexibility index (Phi) is 7.68. The molecule has 0 bridgehead atoms. The van der Waals surface area contributed by atoms with Crippen molar-refractivity contribution in [2.75, 3.05) is 26.4 Å². The molecule has 0 aromatic carbocycles. The van der Waals surface area contributed by atoms with E-state index in [4.69, 9.17) is 14.6 Å². The highest BCUT2D eigenvalue weighted by molar-refractivity contribution is 5.96. The van der Waals surface area contributed by atoms with E-state index in [1.165, 1.54) is 0 Å². The molecule has 0 atom stereocenters. The summed E-state index contributed by atoms with van der Waals surface area (Å²) < 4.78 is 14.8. The van der Waals surface area contributed by atoms with Gasteiger partial charge in [0.25, 0.3) is 5.91 Å². The van der Waals surface area contributed by atoms with Gasteiger partial charge in [-0.15, -0.1) is 0 Å². The van der Waals surface area contributed by atoms with E-state index in [1.54, 1.807) is 6.07 Å². The number of aromatic nitrogens is 3. The van der Waals surface area contributed by atoms with Crippen LogP contribution in [0, 0.1) is 6.92 Å². The monoisotopic (exact) mass is 416 g/mol. The number of carbonyl (C=O) groups excluding carboxylic acids is 2. The highest BCUT2D eigenvalue weighted by Crippen LogP contribution is 2.19. The lowest BCUT2D eigenvalue weighted by Crippen LogP contribution is -2.26. The second kappa shape index (κ2) is 10.4. The van der Waals surface area contributed by atoms with Gasteiger partial charge in [0, 0.05) is 45.5 Å². The number of rotatable bonds is 6. The van der Waals surface area contributed by atoms with Crippen molar-refractivity contribution in [3.8, 4) is 0 Å². The fourth-order valence-corrected chi connectivity index (χ4v) is 3.68. The maximum absolute atomic E-state index is 12.8. The van der Waals surface area contributed by atoms with Crippen LogP contribution in [0.25, 0.3) is 0 Å². The van der Waals surface area contributed by atoms with Gasteiger partial charge in [0.05, 0.1) is 23.6 Å². The Labute approximate surface area is 177 Å². The summed E-state index contributed by atoms with van der Waals surface area (Å²) in [5.41, 5.74) is 4.02. The smallest absolute Gasteiger partial charge is 0.354 e. The first-order valence-electron chi connectivity index (χ1n) is 10.8. The average molecular weight is 417 g/mol. The number of nitrogens with one attached hydrogen (secondary N) is 1. The Morgan fingerprint density at radius 3 is 2.83 bits per heavy atom. The summed E-state index contributed by atoms with van der Waals surface area (Å²) in [5.74, 6) is -0.378. The minimum atomic E-state index is -0.323. The fraction of sp³-hybridized carbons (Fsp3) is 0.591. The van der Waals surface area contributed by atoms with Gasteiger partial charge in [-0.2, -0.15) is 5.10 Å². The largest absolute Gasteiger partial charge is 0.461 e. The summed E-state index contributed by atoms with van der Waals surface area (Å²) >= 11 is 0. The second-order valence-corrected chi connectivity index (χ2v) is 7.58. The summed E-state index contributed by atoms with van der Waals surface area (Å²) in [5, 5.41) is 7.68. The molecule has 1 aliphatic rings. The van der Waals surface area contributed by atoms with Gasteiger partial charge >= 0.3 is 5.97 Å². The standard InChI is InChI=1S/C22H32N4O4/c1-4-17-20-18(8-5-13-29-14-6-11-23-21(20)27)26(24-17)12-7-15-30-22(28)19-10-9-16(2)25(19)3/h9-10H,4-8,11-15H2,1-3H3,(H,23,27). The molecule has 3 heterocycles. The number of esters is 1. The molecule has 0 saturated carbocycles. The quantitative estimate of drug-likeness (QED) is 0.577. The maximum atomic E-state index is 12.8. The van der Waals surface area contributed by atoms with Crippen molar-refractivity contribution in [1.82, 2.24) is 19.7 Å². The number of nitrogens with zero attached hydrogens (tertiary/aromatic N) is 3. The lowest BCUT2D eigenvalue weighted by Gasteiger charge is -2.10. The third-order valence-electron chi connectivity index (χ3n) is 5.47. The maximum Gasteiger partial charge on any atom is 0.354 e. The molecule has 0 saturated heterocycles. The van der Waals surface area contributed by atoms with Gasteiger partial charge < -0.3 is 19.4 Å². The van der Waals surface area contributed by atoms with Gasteiger partial charge in [0.1, 0.15) is 5.69 Å². The van der Waals surface area contributed by atoms with Crippen LogP contribution >= 0.6 is 0 Å². The number of carbonyl (C=O) groups is 2. The molecule has 164 valence electrons. The zero-order chi connectivity index (χ0) is 21.5. The molecule has 0 spiro atoms. The van der Waals surface area contributed by atoms with E-state index in [9.17, 15) is 9.59 Å². The summed E-state index contributed by atoms with van der Waals surface area (Å²) in [7, 11) is 1.85. The third kappa shape index (κ3) is 5.11. The third-order valence-corrected chi connectivity index (χ3v) is 5.47. The molecule has 2 aromatic heterocycles. The summed E-state index contributed by atoms with van der Waals surface area (Å²) in [6.07, 6.45) is 3.71. The van der Waals surface area contributed by atoms with Crippen molar-refractivity contribution < 1.29 is 19.1 Å². The summed E-state index contributed by atoms with van der Waals surface area (Å²) in [4.78, 5) is 25.0. The predicted molar refractivity (Wildman–Crippen MR) is 113 cm³/mol. The molecular formula is C22H32N4O4. The van der Waals surface area contributed by atoms with Crippen LogP contribution in [-0.2, 0) is 35.9 Å². The highest BCUT2D eigenvalue weighted by atomic mass is 16.5. The second-order valence-electron chi connectivity index (χ2n) is 7.58. The molecule has 1 amide bonds. The van der Waals surface area contributed by atoms with E-state index in [0.717, 1.165) is 36.3 Å². The Hall–Kier alpha value is -2.61. The van der Waals surface area contributed by atoms with Gasteiger partial charge in [-0.25, -0.2) is 4.79 Å². The Bertz CT molecular complexity index is 884. The molecule has 3 rings (SSSR count). The van der Waals surface area contributed by atoms with Crippen LogP contribution in [0.5, 0.6) is 0 Å². The topological polar surface area (TPSA) is 87.4 Å². The molecule has 0 aliphatic carbocycles. The van der Waals surface area contributed by atoms with Gasteiger partial charge in [-0.1, -0.05) is 6.92 Å². The van der Waals surface area contributed by atoms with Crippen molar-refractivity contribution in [1.29, 1.82) is 0 Å². The van der Waals surface area contributed by atoms with E-state index in [1.807, 2.05) is 36.2 Å². The summed E-state index contributed by atoms with van der Waals surface area (Å²) in [6.45, 7) is 6.79.